The van der Waals surface area contributed by atoms with E-state index in [4.69, 9.17) is 5.73 Å². The lowest BCUT2D eigenvalue weighted by Crippen LogP contribution is -2.40. The Morgan fingerprint density at radius 3 is 2.84 bits per heavy atom. The summed E-state index contributed by atoms with van der Waals surface area (Å²) in [7, 11) is -3.88. The Bertz CT molecular complexity index is 576. The Morgan fingerprint density at radius 1 is 1.53 bits per heavy atom. The van der Waals surface area contributed by atoms with Gasteiger partial charge in [-0.05, 0) is 30.5 Å². The Kier molecular flexibility index (Phi) is 3.80. The summed E-state index contributed by atoms with van der Waals surface area (Å²) >= 11 is 0. The molecule has 0 amide bonds. The van der Waals surface area contributed by atoms with Crippen LogP contribution in [0.5, 0.6) is 0 Å². The van der Waals surface area contributed by atoms with Gasteiger partial charge in [-0.1, -0.05) is 6.92 Å². The molecule has 1 saturated heterocycles. The van der Waals surface area contributed by atoms with Crippen molar-refractivity contribution in [3.63, 3.8) is 0 Å². The van der Waals surface area contributed by atoms with Gasteiger partial charge in [0.25, 0.3) is 0 Å². The van der Waals surface area contributed by atoms with Crippen molar-refractivity contribution in [2.75, 3.05) is 18.9 Å². The fourth-order valence-corrected chi connectivity index (χ4v) is 4.26. The summed E-state index contributed by atoms with van der Waals surface area (Å²) in [5.74, 6) is -0.588. The fourth-order valence-electron chi connectivity index (χ4n) is 2.40. The van der Waals surface area contributed by atoms with E-state index in [1.165, 1.54) is 10.4 Å². The highest BCUT2D eigenvalue weighted by atomic mass is 32.2. The van der Waals surface area contributed by atoms with E-state index in [1.807, 2.05) is 6.92 Å². The summed E-state index contributed by atoms with van der Waals surface area (Å²) in [5, 5.41) is 9.33. The average Bonchev–Trinajstić information content (AvgIpc) is 2.74. The van der Waals surface area contributed by atoms with Crippen molar-refractivity contribution in [2.45, 2.75) is 24.3 Å². The molecular formula is C12H17FN2O3S. The van der Waals surface area contributed by atoms with Crippen LogP contribution in [0.2, 0.25) is 0 Å². The zero-order valence-electron chi connectivity index (χ0n) is 10.6. The summed E-state index contributed by atoms with van der Waals surface area (Å²) in [6.45, 7) is 1.94. The van der Waals surface area contributed by atoms with Crippen LogP contribution in [0, 0.1) is 11.7 Å². The van der Waals surface area contributed by atoms with Crippen LogP contribution in [0.1, 0.15) is 13.3 Å². The molecule has 19 heavy (non-hydrogen) atoms. The van der Waals surface area contributed by atoms with E-state index < -0.39 is 21.9 Å². The van der Waals surface area contributed by atoms with Gasteiger partial charge in [-0.15, -0.1) is 0 Å². The second-order valence-corrected chi connectivity index (χ2v) is 6.67. The van der Waals surface area contributed by atoms with Crippen molar-refractivity contribution >= 4 is 15.7 Å². The van der Waals surface area contributed by atoms with Crippen molar-refractivity contribution in [2.24, 2.45) is 5.92 Å². The standard InChI is InChI=1S/C12H17FN2O3S/c1-8-4-5-15(11(8)7-16)19(17,18)12-6-9(13)2-3-10(12)14/h2-3,6,8,11,16H,4-5,7,14H2,1H3. The molecule has 0 bridgehead atoms. The Labute approximate surface area is 111 Å². The number of hydrogen-bond donors (Lipinski definition) is 2. The molecule has 0 aliphatic carbocycles. The number of benzene rings is 1. The van der Waals surface area contributed by atoms with Gasteiger partial charge in [-0.25, -0.2) is 12.8 Å². The van der Waals surface area contributed by atoms with Crippen molar-refractivity contribution in [1.29, 1.82) is 0 Å². The molecule has 3 N–H and O–H groups in total. The molecule has 2 rings (SSSR count). The molecule has 1 aromatic carbocycles. The first-order valence-corrected chi connectivity index (χ1v) is 7.49. The van der Waals surface area contributed by atoms with Crippen LogP contribution in [0.3, 0.4) is 0 Å². The number of sulfonamides is 1. The number of aliphatic hydroxyl groups excluding tert-OH is 1. The lowest BCUT2D eigenvalue weighted by Gasteiger charge is -2.25. The van der Waals surface area contributed by atoms with Crippen molar-refractivity contribution in [3.8, 4) is 0 Å². The molecule has 2 atom stereocenters. The van der Waals surface area contributed by atoms with Crippen LogP contribution >= 0.6 is 0 Å². The number of nitrogens with two attached hydrogens (primary N) is 1. The zero-order chi connectivity index (χ0) is 14.2. The van der Waals surface area contributed by atoms with Crippen molar-refractivity contribution in [1.82, 2.24) is 4.31 Å². The van der Waals surface area contributed by atoms with Gasteiger partial charge in [0.05, 0.1) is 18.3 Å². The van der Waals surface area contributed by atoms with Gasteiger partial charge in [-0.3, -0.25) is 0 Å². The quantitative estimate of drug-likeness (QED) is 0.806. The van der Waals surface area contributed by atoms with E-state index in [-0.39, 0.29) is 23.1 Å². The minimum atomic E-state index is -3.88. The third-order valence-corrected chi connectivity index (χ3v) is 5.56. The van der Waals surface area contributed by atoms with Crippen LogP contribution in [0.25, 0.3) is 0 Å². The number of rotatable bonds is 3. The molecule has 1 heterocycles. The second kappa shape index (κ2) is 5.07. The van der Waals surface area contributed by atoms with Gasteiger partial charge in [-0.2, -0.15) is 4.31 Å². The van der Waals surface area contributed by atoms with Gasteiger partial charge in [0.2, 0.25) is 10.0 Å². The molecule has 1 fully saturated rings. The van der Waals surface area contributed by atoms with Crippen LogP contribution in [-0.4, -0.2) is 37.0 Å². The summed E-state index contributed by atoms with van der Waals surface area (Å²) in [4.78, 5) is -0.236. The van der Waals surface area contributed by atoms with Crippen LogP contribution in [0.15, 0.2) is 23.1 Å². The highest BCUT2D eigenvalue weighted by Gasteiger charge is 2.39. The summed E-state index contributed by atoms with van der Waals surface area (Å²) in [5.41, 5.74) is 5.64. The molecule has 106 valence electrons. The Morgan fingerprint density at radius 2 is 2.21 bits per heavy atom. The molecule has 0 radical (unpaired) electrons. The van der Waals surface area contributed by atoms with E-state index in [9.17, 15) is 17.9 Å². The molecular weight excluding hydrogens is 271 g/mol. The lowest BCUT2D eigenvalue weighted by molar-refractivity contribution is 0.191. The maximum atomic E-state index is 13.2. The first kappa shape index (κ1) is 14.2. The largest absolute Gasteiger partial charge is 0.398 e. The minimum Gasteiger partial charge on any atom is -0.398 e. The molecule has 1 aliphatic heterocycles. The van der Waals surface area contributed by atoms with Crippen LogP contribution in [-0.2, 0) is 10.0 Å². The predicted octanol–water partition coefficient (Wildman–Crippen LogP) is 0.799. The molecule has 5 nitrogen and oxygen atoms in total. The van der Waals surface area contributed by atoms with Gasteiger partial charge >= 0.3 is 0 Å². The lowest BCUT2D eigenvalue weighted by atomic mass is 10.0. The predicted molar refractivity (Wildman–Crippen MR) is 69.4 cm³/mol. The zero-order valence-corrected chi connectivity index (χ0v) is 11.4. The smallest absolute Gasteiger partial charge is 0.245 e. The van der Waals surface area contributed by atoms with Gasteiger partial charge < -0.3 is 10.8 Å². The summed E-state index contributed by atoms with van der Waals surface area (Å²) in [6.07, 6.45) is 0.666. The monoisotopic (exact) mass is 288 g/mol. The van der Waals surface area contributed by atoms with Gasteiger partial charge in [0.15, 0.2) is 0 Å². The molecule has 0 aromatic heterocycles. The number of nitrogens with zero attached hydrogens (tertiary/aromatic N) is 1. The second-order valence-electron chi connectivity index (χ2n) is 4.81. The number of aliphatic hydroxyl groups is 1. The first-order chi connectivity index (χ1) is 8.87. The molecule has 1 aliphatic rings. The first-order valence-electron chi connectivity index (χ1n) is 6.05. The number of nitrogen functional groups attached to an aromatic ring is 1. The third kappa shape index (κ3) is 2.45. The third-order valence-electron chi connectivity index (χ3n) is 3.58. The topological polar surface area (TPSA) is 83.6 Å². The molecule has 0 spiro atoms. The fraction of sp³-hybridized carbons (Fsp3) is 0.500. The van der Waals surface area contributed by atoms with E-state index in [1.54, 1.807) is 0 Å². The highest BCUT2D eigenvalue weighted by molar-refractivity contribution is 7.89. The van der Waals surface area contributed by atoms with E-state index in [0.717, 1.165) is 12.1 Å². The van der Waals surface area contributed by atoms with Crippen LogP contribution < -0.4 is 5.73 Å². The van der Waals surface area contributed by atoms with E-state index in [0.29, 0.717) is 13.0 Å². The van der Waals surface area contributed by atoms with E-state index >= 15 is 0 Å². The molecule has 1 aromatic rings. The molecule has 7 heteroatoms. The van der Waals surface area contributed by atoms with Gasteiger partial charge in [0, 0.05) is 6.54 Å². The minimum absolute atomic E-state index is 0.0117. The number of anilines is 1. The Balaban J connectivity index is 2.45. The summed E-state index contributed by atoms with van der Waals surface area (Å²) < 4.78 is 39.4. The van der Waals surface area contributed by atoms with Gasteiger partial charge in [0.1, 0.15) is 10.7 Å². The average molecular weight is 288 g/mol. The molecule has 0 saturated carbocycles. The molecule has 2 unspecified atom stereocenters. The number of halogens is 1. The highest BCUT2D eigenvalue weighted by Crippen LogP contribution is 2.32. The van der Waals surface area contributed by atoms with Crippen LogP contribution in [0.4, 0.5) is 10.1 Å². The maximum Gasteiger partial charge on any atom is 0.245 e. The number of hydrogen-bond acceptors (Lipinski definition) is 4. The summed E-state index contributed by atoms with van der Waals surface area (Å²) in [6, 6.07) is 2.79. The van der Waals surface area contributed by atoms with Crippen molar-refractivity contribution < 1.29 is 17.9 Å². The SMILES string of the molecule is CC1CCN(S(=O)(=O)c2cc(F)ccc2N)C1CO. The van der Waals surface area contributed by atoms with E-state index in [2.05, 4.69) is 0 Å². The van der Waals surface area contributed by atoms with Crippen molar-refractivity contribution in [3.05, 3.63) is 24.0 Å². The maximum absolute atomic E-state index is 13.2. The normalized spacial score (nSPS) is 24.8. The Hall–Kier alpha value is -1.18.